The first-order chi connectivity index (χ1) is 4.75. The first kappa shape index (κ1) is 7.06. The lowest BCUT2D eigenvalue weighted by Gasteiger charge is -1.96. The molecule has 0 unspecified atom stereocenters. The van der Waals surface area contributed by atoms with Gasteiger partial charge in [-0.05, 0) is 6.07 Å². The van der Waals surface area contributed by atoms with Crippen LogP contribution in [0.3, 0.4) is 0 Å². The number of hydrogen-bond donors (Lipinski definition) is 0. The van der Waals surface area contributed by atoms with Crippen molar-refractivity contribution in [2.45, 2.75) is 13.8 Å². The molecule has 0 spiro atoms. The molecule has 0 aromatic carbocycles. The lowest BCUT2D eigenvalue weighted by Crippen LogP contribution is -2.45. The molecule has 0 bridgehead atoms. The van der Waals surface area contributed by atoms with E-state index in [0.29, 0.717) is 0 Å². The molecule has 2 heteroatoms. The highest BCUT2D eigenvalue weighted by molar-refractivity contribution is 5.00. The Balaban J connectivity index is 3.17. The van der Waals surface area contributed by atoms with Crippen molar-refractivity contribution < 1.29 is 9.57 Å². The van der Waals surface area contributed by atoms with E-state index in [4.69, 9.17) is 4.84 Å². The summed E-state index contributed by atoms with van der Waals surface area (Å²) in [5.74, 6) is 0. The van der Waals surface area contributed by atoms with Gasteiger partial charge >= 0.3 is 0 Å². The number of aryl methyl sites for hydroxylation is 2. The van der Waals surface area contributed by atoms with Gasteiger partial charge in [-0.2, -0.15) is 0 Å². The van der Waals surface area contributed by atoms with Crippen LogP contribution in [-0.2, 0) is 0 Å². The molecule has 1 aromatic heterocycles. The zero-order chi connectivity index (χ0) is 7.56. The minimum atomic E-state index is 1.11. The maximum atomic E-state index is 5.09. The number of rotatable bonds is 1. The monoisotopic (exact) mass is 138 g/mol. The number of nitrogens with zero attached hydrogens (tertiary/aromatic N) is 1. The number of hydrogen-bond acceptors (Lipinski definition) is 1. The molecule has 0 aliphatic heterocycles. The van der Waals surface area contributed by atoms with Crippen molar-refractivity contribution in [3.05, 3.63) is 29.6 Å². The van der Waals surface area contributed by atoms with E-state index < -0.39 is 0 Å². The highest BCUT2D eigenvalue weighted by Crippen LogP contribution is 1.91. The maximum Gasteiger partial charge on any atom is 0.231 e. The van der Waals surface area contributed by atoms with Crippen LogP contribution in [0.15, 0.2) is 18.2 Å². The van der Waals surface area contributed by atoms with Crippen LogP contribution >= 0.6 is 0 Å². The molecule has 10 heavy (non-hydrogen) atoms. The minimum absolute atomic E-state index is 1.11. The Kier molecular flexibility index (Phi) is 1.90. The summed E-state index contributed by atoms with van der Waals surface area (Å²) >= 11 is 0. The van der Waals surface area contributed by atoms with Crippen LogP contribution in [0, 0.1) is 13.8 Å². The summed E-state index contributed by atoms with van der Waals surface area (Å²) in [4.78, 5) is 5.09. The SMILES string of the molecule is CO[n+]1c(C)cccc1C. The standard InChI is InChI=1S/C8H12NO/c1-7-5-4-6-8(2)9(7)10-3/h4-6H,1-3H3/q+1. The van der Waals surface area contributed by atoms with E-state index >= 15 is 0 Å². The van der Waals surface area contributed by atoms with Gasteiger partial charge in [0, 0.05) is 30.7 Å². The van der Waals surface area contributed by atoms with Crippen molar-refractivity contribution in [1.29, 1.82) is 0 Å². The fourth-order valence-corrected chi connectivity index (χ4v) is 1.03. The average Bonchev–Trinajstić information content (AvgIpc) is 1.88. The van der Waals surface area contributed by atoms with Gasteiger partial charge < -0.3 is 0 Å². The zero-order valence-corrected chi connectivity index (χ0v) is 6.59. The van der Waals surface area contributed by atoms with E-state index in [1.807, 2.05) is 32.0 Å². The van der Waals surface area contributed by atoms with Gasteiger partial charge in [0.15, 0.2) is 0 Å². The van der Waals surface area contributed by atoms with Crippen molar-refractivity contribution in [2.24, 2.45) is 0 Å². The summed E-state index contributed by atoms with van der Waals surface area (Å²) in [5.41, 5.74) is 2.23. The fourth-order valence-electron chi connectivity index (χ4n) is 1.03. The molecule has 0 saturated heterocycles. The van der Waals surface area contributed by atoms with Gasteiger partial charge in [0.1, 0.15) is 7.11 Å². The molecule has 0 radical (unpaired) electrons. The van der Waals surface area contributed by atoms with Crippen molar-refractivity contribution in [2.75, 3.05) is 7.11 Å². The molecule has 0 aliphatic rings. The van der Waals surface area contributed by atoms with Gasteiger partial charge in [0.2, 0.25) is 11.4 Å². The molecule has 1 heterocycles. The van der Waals surface area contributed by atoms with Crippen LogP contribution in [0.25, 0.3) is 0 Å². The second-order valence-electron chi connectivity index (χ2n) is 2.29. The van der Waals surface area contributed by atoms with Crippen LogP contribution in [-0.4, -0.2) is 7.11 Å². The van der Waals surface area contributed by atoms with Gasteiger partial charge in [-0.15, -0.1) is 0 Å². The smallest absolute Gasteiger partial charge is 0.231 e. The normalized spacial score (nSPS) is 9.50. The minimum Gasteiger partial charge on any atom is -0.274 e. The van der Waals surface area contributed by atoms with E-state index in [1.165, 1.54) is 0 Å². The number of aromatic nitrogens is 1. The first-order valence-corrected chi connectivity index (χ1v) is 3.28. The summed E-state index contributed by atoms with van der Waals surface area (Å²) in [5, 5.41) is 0. The summed E-state index contributed by atoms with van der Waals surface area (Å²) in [6.45, 7) is 4.02. The molecule has 0 aliphatic carbocycles. The molecule has 0 amide bonds. The lowest BCUT2D eigenvalue weighted by atomic mass is 10.3. The molecule has 0 atom stereocenters. The number of pyridine rings is 1. The van der Waals surface area contributed by atoms with Crippen molar-refractivity contribution >= 4 is 0 Å². The molecule has 1 aromatic rings. The molecule has 1 rings (SSSR count). The highest BCUT2D eigenvalue weighted by atomic mass is 16.6. The molecule has 0 fully saturated rings. The van der Waals surface area contributed by atoms with Crippen LogP contribution in [0.2, 0.25) is 0 Å². The Labute approximate surface area is 61.0 Å². The predicted octanol–water partition coefficient (Wildman–Crippen LogP) is 0.649. The second kappa shape index (κ2) is 2.69. The largest absolute Gasteiger partial charge is 0.274 e. The Morgan fingerprint density at radius 3 is 2.00 bits per heavy atom. The summed E-state index contributed by atoms with van der Waals surface area (Å²) in [6, 6.07) is 6.03. The van der Waals surface area contributed by atoms with Crippen LogP contribution in [0.4, 0.5) is 0 Å². The summed E-state index contributed by atoms with van der Waals surface area (Å²) in [6.07, 6.45) is 0. The van der Waals surface area contributed by atoms with Crippen LogP contribution < -0.4 is 9.57 Å². The molecule has 0 N–H and O–H groups in total. The van der Waals surface area contributed by atoms with Gasteiger partial charge in [-0.1, -0.05) is 0 Å². The molecular formula is C8H12NO+. The summed E-state index contributed by atoms with van der Waals surface area (Å²) < 4.78 is 1.79. The van der Waals surface area contributed by atoms with E-state index in [9.17, 15) is 0 Å². The Morgan fingerprint density at radius 1 is 1.20 bits per heavy atom. The highest BCUT2D eigenvalue weighted by Gasteiger charge is 2.07. The van der Waals surface area contributed by atoms with Crippen molar-refractivity contribution in [3.63, 3.8) is 0 Å². The Bertz CT molecular complexity index is 212. The van der Waals surface area contributed by atoms with Gasteiger partial charge in [-0.25, -0.2) is 0 Å². The third-order valence-corrected chi connectivity index (χ3v) is 1.50. The topological polar surface area (TPSA) is 13.1 Å². The maximum absolute atomic E-state index is 5.09. The Morgan fingerprint density at radius 2 is 1.70 bits per heavy atom. The quantitative estimate of drug-likeness (QED) is 0.519. The zero-order valence-electron chi connectivity index (χ0n) is 6.59. The molecule has 54 valence electrons. The van der Waals surface area contributed by atoms with Gasteiger partial charge in [0.05, 0.1) is 0 Å². The Hall–Kier alpha value is -1.05. The third kappa shape index (κ3) is 1.10. The van der Waals surface area contributed by atoms with Crippen molar-refractivity contribution in [3.8, 4) is 0 Å². The van der Waals surface area contributed by atoms with Crippen LogP contribution in [0.5, 0.6) is 0 Å². The van der Waals surface area contributed by atoms with E-state index in [-0.39, 0.29) is 0 Å². The average molecular weight is 138 g/mol. The van der Waals surface area contributed by atoms with Gasteiger partial charge in [0.25, 0.3) is 0 Å². The molecule has 0 saturated carbocycles. The van der Waals surface area contributed by atoms with E-state index in [0.717, 1.165) is 11.4 Å². The van der Waals surface area contributed by atoms with E-state index in [2.05, 4.69) is 0 Å². The summed E-state index contributed by atoms with van der Waals surface area (Å²) in [7, 11) is 1.67. The molecular weight excluding hydrogens is 126 g/mol. The predicted molar refractivity (Wildman–Crippen MR) is 38.6 cm³/mol. The van der Waals surface area contributed by atoms with E-state index in [1.54, 1.807) is 11.8 Å². The van der Waals surface area contributed by atoms with Gasteiger partial charge in [-0.3, -0.25) is 4.84 Å². The fraction of sp³-hybridized carbons (Fsp3) is 0.375. The van der Waals surface area contributed by atoms with Crippen LogP contribution in [0.1, 0.15) is 11.4 Å². The van der Waals surface area contributed by atoms with Crippen molar-refractivity contribution in [1.82, 2.24) is 0 Å². The third-order valence-electron chi connectivity index (χ3n) is 1.50. The molecule has 2 nitrogen and oxygen atoms in total. The first-order valence-electron chi connectivity index (χ1n) is 3.28. The lowest BCUT2D eigenvalue weighted by molar-refractivity contribution is -0.893. The second-order valence-corrected chi connectivity index (χ2v) is 2.29.